The molecule has 2 aliphatic carbocycles. The third-order valence-corrected chi connectivity index (χ3v) is 8.62. The van der Waals surface area contributed by atoms with Crippen LogP contribution in [0.1, 0.15) is 80.6 Å². The van der Waals surface area contributed by atoms with Crippen LogP contribution < -0.4 is 5.32 Å². The van der Waals surface area contributed by atoms with Crippen LogP contribution >= 0.6 is 0 Å². The lowest BCUT2D eigenvalue weighted by Crippen LogP contribution is -2.21. The highest BCUT2D eigenvalue weighted by Crippen LogP contribution is 2.43. The number of ether oxygens (including phenoxy) is 1. The van der Waals surface area contributed by atoms with Crippen LogP contribution in [0.25, 0.3) is 11.2 Å². The average Bonchev–Trinajstić information content (AvgIpc) is 3.80. The van der Waals surface area contributed by atoms with Crippen LogP contribution in [0.15, 0.2) is 29.2 Å². The summed E-state index contributed by atoms with van der Waals surface area (Å²) < 4.78 is 61.1. The molecule has 1 aliphatic heterocycles. The molecular weight excluding hydrogens is 514 g/mol. The maximum absolute atomic E-state index is 14.2. The van der Waals surface area contributed by atoms with Crippen LogP contribution in [0.3, 0.4) is 0 Å². The fraction of sp³-hybridized carbons (Fsp3) is 0.519. The molecule has 0 radical (unpaired) electrons. The number of sulfone groups is 1. The van der Waals surface area contributed by atoms with Crippen molar-refractivity contribution in [2.45, 2.75) is 74.8 Å². The Morgan fingerprint density at radius 1 is 1.11 bits per heavy atom. The van der Waals surface area contributed by atoms with Gasteiger partial charge in [-0.05, 0) is 74.6 Å². The smallest absolute Gasteiger partial charge is 0.295 e. The van der Waals surface area contributed by atoms with Crippen LogP contribution in [-0.4, -0.2) is 41.6 Å². The van der Waals surface area contributed by atoms with E-state index in [0.29, 0.717) is 36.0 Å². The number of benzene rings is 1. The van der Waals surface area contributed by atoms with E-state index in [1.807, 2.05) is 6.07 Å². The Hall–Kier alpha value is -2.92. The van der Waals surface area contributed by atoms with Crippen LogP contribution in [0, 0.1) is 5.92 Å². The number of hydrogen-bond donors (Lipinski definition) is 1. The highest BCUT2D eigenvalue weighted by atomic mass is 32.2. The summed E-state index contributed by atoms with van der Waals surface area (Å²) in [5.74, 6) is -0.0287. The van der Waals surface area contributed by atoms with E-state index in [1.165, 1.54) is 4.57 Å². The van der Waals surface area contributed by atoms with Gasteiger partial charge in [0.25, 0.3) is 6.43 Å². The quantitative estimate of drug-likeness (QED) is 0.373. The molecule has 2 aromatic heterocycles. The number of hydrogen-bond acceptors (Lipinski definition) is 7. The molecule has 11 heteroatoms. The van der Waals surface area contributed by atoms with Crippen molar-refractivity contribution in [3.8, 4) is 0 Å². The predicted molar refractivity (Wildman–Crippen MR) is 138 cm³/mol. The van der Waals surface area contributed by atoms with Crippen molar-refractivity contribution in [3.63, 3.8) is 0 Å². The van der Waals surface area contributed by atoms with Crippen molar-refractivity contribution < 1.29 is 26.7 Å². The topological polar surface area (TPSA) is 103 Å². The molecule has 1 saturated heterocycles. The van der Waals surface area contributed by atoms with Gasteiger partial charge in [-0.3, -0.25) is 9.36 Å². The van der Waals surface area contributed by atoms with Crippen molar-refractivity contribution in [1.29, 1.82) is 0 Å². The zero-order valence-corrected chi connectivity index (χ0v) is 21.9. The van der Waals surface area contributed by atoms with Gasteiger partial charge in [-0.25, -0.2) is 27.2 Å². The number of ketones is 1. The summed E-state index contributed by atoms with van der Waals surface area (Å²) in [6.45, 7) is 0.447. The van der Waals surface area contributed by atoms with Crippen molar-refractivity contribution in [2.75, 3.05) is 18.2 Å². The van der Waals surface area contributed by atoms with Crippen LogP contribution in [0.4, 0.5) is 20.2 Å². The van der Waals surface area contributed by atoms with E-state index < -0.39 is 28.3 Å². The molecule has 3 aromatic rings. The first-order chi connectivity index (χ1) is 18.2. The van der Waals surface area contributed by atoms with Gasteiger partial charge in [-0.2, -0.15) is 0 Å². The Balaban J connectivity index is 1.50. The summed E-state index contributed by atoms with van der Waals surface area (Å²) in [6, 6.07) is 6.91. The highest BCUT2D eigenvalue weighted by Gasteiger charge is 2.32. The highest BCUT2D eigenvalue weighted by molar-refractivity contribution is 7.90. The maximum Gasteiger partial charge on any atom is 0.295 e. The number of imidazole rings is 1. The fourth-order valence-corrected chi connectivity index (χ4v) is 6.04. The van der Waals surface area contributed by atoms with E-state index in [-0.39, 0.29) is 34.2 Å². The van der Waals surface area contributed by atoms with Gasteiger partial charge in [0.2, 0.25) is 0 Å². The normalized spacial score (nSPS) is 20.3. The second-order valence-electron chi connectivity index (χ2n) is 10.6. The second kappa shape index (κ2) is 9.68. The minimum absolute atomic E-state index is 0.0129. The molecule has 202 valence electrons. The molecule has 2 saturated carbocycles. The van der Waals surface area contributed by atoms with Crippen LogP contribution in [0.5, 0.6) is 0 Å². The average molecular weight is 545 g/mol. The molecule has 3 aliphatic rings. The molecule has 1 atom stereocenters. The number of Topliss-reactive ketones (excluding diaryl/α,β-unsaturated/α-hetero) is 1. The maximum atomic E-state index is 14.2. The Morgan fingerprint density at radius 2 is 1.89 bits per heavy atom. The van der Waals surface area contributed by atoms with E-state index >= 15 is 0 Å². The Kier molecular flexibility index (Phi) is 6.46. The summed E-state index contributed by atoms with van der Waals surface area (Å²) in [6.07, 6.45) is 3.66. The molecule has 3 fully saturated rings. The summed E-state index contributed by atoms with van der Waals surface area (Å²) >= 11 is 0. The van der Waals surface area contributed by atoms with Gasteiger partial charge >= 0.3 is 0 Å². The van der Waals surface area contributed by atoms with Gasteiger partial charge < -0.3 is 10.1 Å². The van der Waals surface area contributed by atoms with Crippen molar-refractivity contribution in [2.24, 2.45) is 5.92 Å². The Bertz CT molecular complexity index is 1510. The SMILES string of the molecule is CS(=O)(=O)c1cc(C2CC2)ccc1Nc1cc(CC(=O)C2CC2)nc2c1nc(C(F)F)n2C1CCCCO1. The third-order valence-electron chi connectivity index (χ3n) is 7.48. The van der Waals surface area contributed by atoms with E-state index in [9.17, 15) is 22.0 Å². The summed E-state index contributed by atoms with van der Waals surface area (Å²) in [4.78, 5) is 21.7. The number of alkyl halides is 2. The summed E-state index contributed by atoms with van der Waals surface area (Å²) in [5.41, 5.74) is 2.42. The monoisotopic (exact) mass is 544 g/mol. The zero-order chi connectivity index (χ0) is 26.6. The number of halogens is 2. The first-order valence-electron chi connectivity index (χ1n) is 13.1. The number of fused-ring (bicyclic) bond motifs is 1. The lowest BCUT2D eigenvalue weighted by Gasteiger charge is -2.25. The number of anilines is 2. The van der Waals surface area contributed by atoms with Crippen LogP contribution in [-0.2, 0) is 25.8 Å². The minimum atomic E-state index is -3.60. The number of aromatic nitrogens is 3. The molecule has 1 aromatic carbocycles. The van der Waals surface area contributed by atoms with Gasteiger partial charge in [0.05, 0.1) is 22.0 Å². The van der Waals surface area contributed by atoms with Crippen LogP contribution in [0.2, 0.25) is 0 Å². The number of nitrogens with one attached hydrogen (secondary N) is 1. The number of carbonyl (C=O) groups excluding carboxylic acids is 1. The molecule has 0 spiro atoms. The van der Waals surface area contributed by atoms with E-state index in [4.69, 9.17) is 4.74 Å². The molecule has 3 heterocycles. The Morgan fingerprint density at radius 3 is 2.53 bits per heavy atom. The summed E-state index contributed by atoms with van der Waals surface area (Å²) in [7, 11) is -3.60. The van der Waals surface area contributed by atoms with Crippen molar-refractivity contribution in [1.82, 2.24) is 14.5 Å². The molecule has 1 N–H and O–H groups in total. The lowest BCUT2D eigenvalue weighted by atomic mass is 10.1. The fourth-order valence-electron chi connectivity index (χ4n) is 5.18. The standard InChI is InChI=1S/C27H30F2N4O4S/c1-38(35,36)22-12-17(15-5-6-15)9-10-19(22)31-20-13-18(14-21(34)16-7-8-16)30-26-24(20)32-27(25(28)29)33(26)23-4-2-3-11-37-23/h9-10,12-13,15-16,23,25H,2-8,11,14H2,1H3,(H,30,31). The first kappa shape index (κ1) is 25.4. The van der Waals surface area contributed by atoms with Crippen molar-refractivity contribution in [3.05, 3.63) is 41.3 Å². The zero-order valence-electron chi connectivity index (χ0n) is 21.1. The molecule has 0 amide bonds. The van der Waals surface area contributed by atoms with E-state index in [2.05, 4.69) is 15.3 Å². The number of carbonyl (C=O) groups is 1. The van der Waals surface area contributed by atoms with E-state index in [1.54, 1.807) is 18.2 Å². The molecule has 1 unspecified atom stereocenters. The predicted octanol–water partition coefficient (Wildman–Crippen LogP) is 5.61. The molecule has 6 rings (SSSR count). The molecule has 0 bridgehead atoms. The summed E-state index contributed by atoms with van der Waals surface area (Å²) in [5, 5.41) is 3.16. The van der Waals surface area contributed by atoms with Gasteiger partial charge in [0.1, 0.15) is 17.5 Å². The van der Waals surface area contributed by atoms with Gasteiger partial charge in [-0.15, -0.1) is 0 Å². The minimum Gasteiger partial charge on any atom is -0.358 e. The Labute approximate surface area is 219 Å². The number of pyridine rings is 1. The molecular formula is C27H30F2N4O4S. The van der Waals surface area contributed by atoms with Gasteiger partial charge in [0.15, 0.2) is 21.3 Å². The number of nitrogens with zero attached hydrogens (tertiary/aromatic N) is 3. The number of rotatable bonds is 9. The molecule has 8 nitrogen and oxygen atoms in total. The lowest BCUT2D eigenvalue weighted by molar-refractivity contribution is -0.119. The van der Waals surface area contributed by atoms with Crippen molar-refractivity contribution >= 4 is 38.2 Å². The van der Waals surface area contributed by atoms with E-state index in [0.717, 1.165) is 50.3 Å². The third kappa shape index (κ3) is 5.05. The second-order valence-corrected chi connectivity index (χ2v) is 12.6. The largest absolute Gasteiger partial charge is 0.358 e. The van der Waals surface area contributed by atoms with Gasteiger partial charge in [0, 0.05) is 25.2 Å². The molecule has 38 heavy (non-hydrogen) atoms. The first-order valence-corrected chi connectivity index (χ1v) is 15.0. The van der Waals surface area contributed by atoms with Gasteiger partial charge in [-0.1, -0.05) is 6.07 Å².